The first kappa shape index (κ1) is 35.0. The molecule has 0 unspecified atom stereocenters. The molecule has 0 saturated carbocycles. The van der Waals surface area contributed by atoms with Crippen LogP contribution in [0.5, 0.6) is 0 Å². The summed E-state index contributed by atoms with van der Waals surface area (Å²) in [6.07, 6.45) is 0. The summed E-state index contributed by atoms with van der Waals surface area (Å²) in [5.74, 6) is 0. The molecule has 0 spiro atoms. The molecule has 0 amide bonds. The highest BCUT2D eigenvalue weighted by Gasteiger charge is 2.21. The van der Waals surface area contributed by atoms with Gasteiger partial charge in [0.05, 0.1) is 11.0 Å². The van der Waals surface area contributed by atoms with Crippen LogP contribution in [0.25, 0.3) is 138 Å². The first-order valence-corrected chi connectivity index (χ1v) is 21.7. The highest BCUT2D eigenvalue weighted by Crippen LogP contribution is 2.44. The normalized spacial score (nSPS) is 12.1. The fraction of sp³-hybridized carbons (Fsp3) is 0. The van der Waals surface area contributed by atoms with E-state index in [1.54, 1.807) is 0 Å². The predicted octanol–water partition coefficient (Wildman–Crippen LogP) is 17.1. The Hall–Kier alpha value is -8.60. The predicted molar refractivity (Wildman–Crippen MR) is 264 cm³/mol. The number of benzene rings is 10. The number of fused-ring (bicyclic) bond motifs is 13. The lowest BCUT2D eigenvalue weighted by Crippen LogP contribution is -1.92. The second-order valence-electron chi connectivity index (χ2n) is 16.8. The number of furan rings is 3. The minimum Gasteiger partial charge on any atom is -0.456 e. The van der Waals surface area contributed by atoms with E-state index in [0.29, 0.717) is 0 Å². The molecule has 10 aromatic carbocycles. The van der Waals surface area contributed by atoms with Crippen molar-refractivity contribution >= 4 is 87.6 Å². The average molecular weight is 818 g/mol. The van der Waals surface area contributed by atoms with E-state index >= 15 is 0 Å². The van der Waals surface area contributed by atoms with E-state index in [9.17, 15) is 0 Å². The van der Waals surface area contributed by atoms with Crippen molar-refractivity contribution in [3.8, 4) is 50.2 Å². The third kappa shape index (κ3) is 5.30. The van der Waals surface area contributed by atoms with Crippen LogP contribution >= 0.6 is 0 Å². The van der Waals surface area contributed by atoms with Crippen molar-refractivity contribution in [1.82, 2.24) is 4.57 Å². The van der Waals surface area contributed by atoms with Gasteiger partial charge in [-0.25, -0.2) is 0 Å². The maximum Gasteiger partial charge on any atom is 0.136 e. The Morgan fingerprint density at radius 1 is 0.234 bits per heavy atom. The molecule has 0 aliphatic carbocycles. The topological polar surface area (TPSA) is 44.4 Å². The molecule has 4 aromatic heterocycles. The van der Waals surface area contributed by atoms with E-state index < -0.39 is 0 Å². The Labute approximate surface area is 366 Å². The lowest BCUT2D eigenvalue weighted by Gasteiger charge is -2.08. The molecule has 0 saturated heterocycles. The minimum atomic E-state index is 0.854. The Balaban J connectivity index is 0.934. The second kappa shape index (κ2) is 13.4. The molecule has 4 nitrogen and oxygen atoms in total. The van der Waals surface area contributed by atoms with E-state index in [0.717, 1.165) is 105 Å². The van der Waals surface area contributed by atoms with Gasteiger partial charge in [-0.2, -0.15) is 0 Å². The number of hydrogen-bond donors (Lipinski definition) is 0. The molecule has 14 rings (SSSR count). The standard InChI is InChI=1S/C60H35NO3/c1-4-10-36(11-5-1)38-18-25-53-46(30-38)48-32-41(20-27-55(48)62-53)40-17-23-51-50(34-40)59-52(61(51)44-14-8-3-9-15-44)24-29-57-60(59)45-22-16-43(35-58(45)64-57)42-21-28-56-49(33-42)47-31-39(19-26-54(47)63-56)37-12-6-2-7-13-37/h1-35H. The molecular formula is C60H35NO3. The molecule has 0 fully saturated rings. The number of aromatic nitrogens is 1. The summed E-state index contributed by atoms with van der Waals surface area (Å²) in [5.41, 5.74) is 17.8. The van der Waals surface area contributed by atoms with Crippen molar-refractivity contribution in [1.29, 1.82) is 0 Å². The maximum atomic E-state index is 6.79. The Kier molecular flexibility index (Phi) is 7.36. The fourth-order valence-corrected chi connectivity index (χ4v) is 10.1. The van der Waals surface area contributed by atoms with Gasteiger partial charge in [0.25, 0.3) is 0 Å². The number of hydrogen-bond acceptors (Lipinski definition) is 3. The van der Waals surface area contributed by atoms with Crippen LogP contribution < -0.4 is 0 Å². The smallest absolute Gasteiger partial charge is 0.136 e. The lowest BCUT2D eigenvalue weighted by atomic mass is 9.98. The van der Waals surface area contributed by atoms with Crippen molar-refractivity contribution in [3.05, 3.63) is 212 Å². The molecular weight excluding hydrogens is 783 g/mol. The minimum absolute atomic E-state index is 0.854. The molecule has 0 N–H and O–H groups in total. The molecule has 0 radical (unpaired) electrons. The van der Waals surface area contributed by atoms with Crippen molar-refractivity contribution in [2.75, 3.05) is 0 Å². The molecule has 4 heterocycles. The van der Waals surface area contributed by atoms with Crippen LogP contribution in [-0.4, -0.2) is 4.57 Å². The second-order valence-corrected chi connectivity index (χ2v) is 16.8. The van der Waals surface area contributed by atoms with E-state index in [1.165, 1.54) is 33.0 Å². The van der Waals surface area contributed by atoms with Crippen molar-refractivity contribution in [3.63, 3.8) is 0 Å². The van der Waals surface area contributed by atoms with E-state index in [-0.39, 0.29) is 0 Å². The van der Waals surface area contributed by atoms with Crippen molar-refractivity contribution in [2.24, 2.45) is 0 Å². The Bertz CT molecular complexity index is 4170. The molecule has 64 heavy (non-hydrogen) atoms. The summed E-state index contributed by atoms with van der Waals surface area (Å²) in [5, 5.41) is 8.97. The summed E-state index contributed by atoms with van der Waals surface area (Å²) in [6, 6.07) is 75.5. The van der Waals surface area contributed by atoms with Crippen LogP contribution in [0, 0.1) is 0 Å². The summed E-state index contributed by atoms with van der Waals surface area (Å²) >= 11 is 0. The first-order valence-electron chi connectivity index (χ1n) is 21.7. The molecule has 0 aliphatic rings. The SMILES string of the molecule is c1ccc(-c2ccc3oc4ccc(-c5ccc6c(c5)oc5ccc7c(c8cc(-c9ccc%10oc%11ccc(-c%12ccccc%12)cc%11c%10c9)ccc8n7-c7ccccc7)c56)cc4c3c2)cc1. The number of rotatable bonds is 5. The van der Waals surface area contributed by atoms with E-state index in [4.69, 9.17) is 13.3 Å². The molecule has 4 heteroatoms. The third-order valence-electron chi connectivity index (χ3n) is 13.2. The van der Waals surface area contributed by atoms with Gasteiger partial charge in [0, 0.05) is 48.8 Å². The zero-order valence-corrected chi connectivity index (χ0v) is 34.4. The zero-order valence-electron chi connectivity index (χ0n) is 34.4. The van der Waals surface area contributed by atoms with Crippen molar-refractivity contribution < 1.29 is 13.3 Å². The summed E-state index contributed by atoms with van der Waals surface area (Å²) in [4.78, 5) is 0. The van der Waals surface area contributed by atoms with Gasteiger partial charge in [-0.1, -0.05) is 115 Å². The first-order chi connectivity index (χ1) is 31.7. The quantitative estimate of drug-likeness (QED) is 0.174. The lowest BCUT2D eigenvalue weighted by molar-refractivity contribution is 0.668. The van der Waals surface area contributed by atoms with E-state index in [2.05, 4.69) is 217 Å². The van der Waals surface area contributed by atoms with Gasteiger partial charge in [0.2, 0.25) is 0 Å². The molecule has 0 aliphatic heterocycles. The van der Waals surface area contributed by atoms with Gasteiger partial charge in [-0.05, 0) is 142 Å². The molecule has 14 aromatic rings. The highest BCUT2D eigenvalue weighted by atomic mass is 16.3. The third-order valence-corrected chi connectivity index (χ3v) is 13.2. The molecule has 0 bridgehead atoms. The average Bonchev–Trinajstić information content (AvgIpc) is 4.12. The highest BCUT2D eigenvalue weighted by molar-refractivity contribution is 6.28. The summed E-state index contributed by atoms with van der Waals surface area (Å²) in [7, 11) is 0. The Morgan fingerprint density at radius 2 is 0.625 bits per heavy atom. The van der Waals surface area contributed by atoms with Gasteiger partial charge in [-0.15, -0.1) is 0 Å². The maximum absolute atomic E-state index is 6.79. The number of nitrogens with zero attached hydrogens (tertiary/aromatic N) is 1. The fourth-order valence-electron chi connectivity index (χ4n) is 10.1. The van der Waals surface area contributed by atoms with E-state index in [1.807, 2.05) is 0 Å². The molecule has 0 atom stereocenters. The largest absolute Gasteiger partial charge is 0.456 e. The number of para-hydroxylation sites is 1. The van der Waals surface area contributed by atoms with Crippen LogP contribution in [0.3, 0.4) is 0 Å². The van der Waals surface area contributed by atoms with Gasteiger partial charge in [0.1, 0.15) is 33.5 Å². The van der Waals surface area contributed by atoms with Gasteiger partial charge < -0.3 is 17.8 Å². The van der Waals surface area contributed by atoms with Gasteiger partial charge in [0.15, 0.2) is 0 Å². The molecule has 298 valence electrons. The van der Waals surface area contributed by atoms with Crippen LogP contribution in [0.1, 0.15) is 0 Å². The van der Waals surface area contributed by atoms with Crippen LogP contribution in [0.15, 0.2) is 226 Å². The van der Waals surface area contributed by atoms with Crippen molar-refractivity contribution in [2.45, 2.75) is 0 Å². The van der Waals surface area contributed by atoms with Crippen LogP contribution in [0.4, 0.5) is 0 Å². The van der Waals surface area contributed by atoms with Crippen LogP contribution in [0.2, 0.25) is 0 Å². The van der Waals surface area contributed by atoms with Crippen LogP contribution in [-0.2, 0) is 0 Å². The monoisotopic (exact) mass is 817 g/mol. The van der Waals surface area contributed by atoms with Gasteiger partial charge >= 0.3 is 0 Å². The van der Waals surface area contributed by atoms with Gasteiger partial charge in [-0.3, -0.25) is 0 Å². The summed E-state index contributed by atoms with van der Waals surface area (Å²) < 4.78 is 21.9. The zero-order chi connectivity index (χ0) is 41.9. The summed E-state index contributed by atoms with van der Waals surface area (Å²) in [6.45, 7) is 0. The Morgan fingerprint density at radius 3 is 1.16 bits per heavy atom.